The molecule has 132 valence electrons. The zero-order chi connectivity index (χ0) is 18.2. The van der Waals surface area contributed by atoms with Crippen molar-refractivity contribution < 1.29 is 14.3 Å². The van der Waals surface area contributed by atoms with Crippen molar-refractivity contribution in [2.75, 3.05) is 11.9 Å². The van der Waals surface area contributed by atoms with Crippen molar-refractivity contribution in [3.8, 4) is 5.75 Å². The molecule has 2 amide bonds. The molecule has 1 unspecified atom stereocenters. The summed E-state index contributed by atoms with van der Waals surface area (Å²) < 4.78 is 5.81. The average molecular weight is 340 g/mol. The van der Waals surface area contributed by atoms with Crippen LogP contribution >= 0.6 is 0 Å². The molecule has 2 aromatic rings. The molecule has 0 saturated heterocycles. The molecule has 0 saturated carbocycles. The fourth-order valence-electron chi connectivity index (χ4n) is 2.43. The van der Waals surface area contributed by atoms with Crippen LogP contribution in [0.4, 0.5) is 5.69 Å². The number of benzene rings is 2. The van der Waals surface area contributed by atoms with Crippen LogP contribution in [0.1, 0.15) is 36.2 Å². The molecule has 0 aliphatic heterocycles. The highest BCUT2D eigenvalue weighted by Gasteiger charge is 2.20. The number of para-hydroxylation sites is 1. The summed E-state index contributed by atoms with van der Waals surface area (Å²) in [5.41, 5.74) is 1.97. The van der Waals surface area contributed by atoms with Gasteiger partial charge in [0.2, 0.25) is 0 Å². The van der Waals surface area contributed by atoms with Crippen molar-refractivity contribution in [3.63, 3.8) is 0 Å². The van der Waals surface area contributed by atoms with E-state index in [0.717, 1.165) is 5.56 Å². The summed E-state index contributed by atoms with van der Waals surface area (Å²) in [5, 5.41) is 5.55. The van der Waals surface area contributed by atoms with Crippen LogP contribution in [0.5, 0.6) is 5.75 Å². The third-order valence-electron chi connectivity index (χ3n) is 3.70. The second-order valence-corrected chi connectivity index (χ2v) is 5.73. The minimum atomic E-state index is -0.635. The Morgan fingerprint density at radius 3 is 2.52 bits per heavy atom. The van der Waals surface area contributed by atoms with Crippen molar-refractivity contribution in [3.05, 3.63) is 59.7 Å². The molecule has 0 bridgehead atoms. The highest BCUT2D eigenvalue weighted by Crippen LogP contribution is 2.19. The minimum absolute atomic E-state index is 0.217. The summed E-state index contributed by atoms with van der Waals surface area (Å²) in [5.74, 6) is 0.158. The Bertz CT molecular complexity index is 743. The third kappa shape index (κ3) is 5.08. The number of amides is 2. The van der Waals surface area contributed by atoms with E-state index in [1.807, 2.05) is 45.0 Å². The Labute approximate surface area is 148 Å². The van der Waals surface area contributed by atoms with Crippen LogP contribution in [0.3, 0.4) is 0 Å². The predicted octanol–water partition coefficient (Wildman–Crippen LogP) is 3.54. The first-order chi connectivity index (χ1) is 12.0. The van der Waals surface area contributed by atoms with Crippen LogP contribution in [-0.2, 0) is 4.79 Å². The summed E-state index contributed by atoms with van der Waals surface area (Å²) >= 11 is 0. The number of hydrogen-bond donors (Lipinski definition) is 2. The van der Waals surface area contributed by atoms with Gasteiger partial charge in [0.05, 0.1) is 11.3 Å². The summed E-state index contributed by atoms with van der Waals surface area (Å²) in [6.45, 7) is 6.23. The van der Waals surface area contributed by atoms with Gasteiger partial charge in [0.1, 0.15) is 5.75 Å². The zero-order valence-corrected chi connectivity index (χ0v) is 14.8. The van der Waals surface area contributed by atoms with Gasteiger partial charge in [-0.3, -0.25) is 9.59 Å². The summed E-state index contributed by atoms with van der Waals surface area (Å²) in [6.07, 6.45) is -0.118. The number of hydrogen-bond acceptors (Lipinski definition) is 3. The van der Waals surface area contributed by atoms with Crippen LogP contribution in [0.15, 0.2) is 48.5 Å². The van der Waals surface area contributed by atoms with Crippen LogP contribution in [-0.4, -0.2) is 24.5 Å². The third-order valence-corrected chi connectivity index (χ3v) is 3.70. The van der Waals surface area contributed by atoms with Gasteiger partial charge in [-0.2, -0.15) is 0 Å². The number of rotatable bonds is 7. The zero-order valence-electron chi connectivity index (χ0n) is 14.8. The van der Waals surface area contributed by atoms with Gasteiger partial charge < -0.3 is 15.4 Å². The number of nitrogens with one attached hydrogen (secondary N) is 2. The highest BCUT2D eigenvalue weighted by atomic mass is 16.5. The molecule has 0 radical (unpaired) electrons. The Balaban J connectivity index is 2.13. The molecular formula is C20H24N2O3. The van der Waals surface area contributed by atoms with Crippen LogP contribution in [0.2, 0.25) is 0 Å². The van der Waals surface area contributed by atoms with Gasteiger partial charge >= 0.3 is 0 Å². The standard InChI is InChI=1S/C20H24N2O3/c1-4-18(25-15-10-8-9-14(3)13-15)20(24)22-17-12-7-6-11-16(17)19(23)21-5-2/h6-13,18H,4-5H2,1-3H3,(H,21,23)(H,22,24). The minimum Gasteiger partial charge on any atom is -0.481 e. The Hall–Kier alpha value is -2.82. The molecule has 25 heavy (non-hydrogen) atoms. The number of ether oxygens (including phenoxy) is 1. The number of carbonyl (C=O) groups excluding carboxylic acids is 2. The van der Waals surface area contributed by atoms with E-state index in [1.54, 1.807) is 24.3 Å². The van der Waals surface area contributed by atoms with E-state index in [0.29, 0.717) is 30.0 Å². The normalized spacial score (nSPS) is 11.5. The van der Waals surface area contributed by atoms with Crippen LogP contribution < -0.4 is 15.4 Å². The fourth-order valence-corrected chi connectivity index (χ4v) is 2.43. The molecular weight excluding hydrogens is 316 g/mol. The summed E-state index contributed by atoms with van der Waals surface area (Å²) in [4.78, 5) is 24.7. The van der Waals surface area contributed by atoms with Gasteiger partial charge in [-0.05, 0) is 50.1 Å². The second kappa shape index (κ2) is 8.87. The Morgan fingerprint density at radius 1 is 1.08 bits per heavy atom. The first kappa shape index (κ1) is 18.5. The smallest absolute Gasteiger partial charge is 0.265 e. The maximum Gasteiger partial charge on any atom is 0.265 e. The van der Waals surface area contributed by atoms with Gasteiger partial charge in [-0.1, -0.05) is 31.2 Å². The van der Waals surface area contributed by atoms with Crippen molar-refractivity contribution in [1.82, 2.24) is 5.32 Å². The average Bonchev–Trinajstić information content (AvgIpc) is 2.60. The van der Waals surface area contributed by atoms with E-state index in [-0.39, 0.29) is 11.8 Å². The SMILES string of the molecule is CCNC(=O)c1ccccc1NC(=O)C(CC)Oc1cccc(C)c1. The molecule has 5 nitrogen and oxygen atoms in total. The highest BCUT2D eigenvalue weighted by molar-refractivity contribution is 6.04. The van der Waals surface area contributed by atoms with Crippen molar-refractivity contribution in [2.45, 2.75) is 33.3 Å². The molecule has 1 atom stereocenters. The van der Waals surface area contributed by atoms with Crippen molar-refractivity contribution >= 4 is 17.5 Å². The van der Waals surface area contributed by atoms with Crippen molar-refractivity contribution in [2.24, 2.45) is 0 Å². The van der Waals surface area contributed by atoms with Gasteiger partial charge in [0.15, 0.2) is 6.10 Å². The van der Waals surface area contributed by atoms with Crippen LogP contribution in [0.25, 0.3) is 0 Å². The topological polar surface area (TPSA) is 67.4 Å². The summed E-state index contributed by atoms with van der Waals surface area (Å²) in [6, 6.07) is 14.5. The number of anilines is 1. The van der Waals surface area contributed by atoms with Gasteiger partial charge in [-0.15, -0.1) is 0 Å². The second-order valence-electron chi connectivity index (χ2n) is 5.73. The van der Waals surface area contributed by atoms with E-state index in [1.165, 1.54) is 0 Å². The summed E-state index contributed by atoms with van der Waals surface area (Å²) in [7, 11) is 0. The molecule has 0 aliphatic rings. The van der Waals surface area contributed by atoms with Crippen LogP contribution in [0, 0.1) is 6.92 Å². The molecule has 2 aromatic carbocycles. The van der Waals surface area contributed by atoms with E-state index < -0.39 is 6.10 Å². The molecule has 0 spiro atoms. The fraction of sp³-hybridized carbons (Fsp3) is 0.300. The molecule has 0 aliphatic carbocycles. The maximum absolute atomic E-state index is 12.6. The molecule has 5 heteroatoms. The molecule has 0 fully saturated rings. The lowest BCUT2D eigenvalue weighted by Gasteiger charge is -2.18. The molecule has 2 rings (SSSR count). The first-order valence-corrected chi connectivity index (χ1v) is 8.46. The largest absolute Gasteiger partial charge is 0.481 e. The monoisotopic (exact) mass is 340 g/mol. The van der Waals surface area contributed by atoms with E-state index in [2.05, 4.69) is 10.6 Å². The predicted molar refractivity (Wildman–Crippen MR) is 99.0 cm³/mol. The van der Waals surface area contributed by atoms with E-state index in [9.17, 15) is 9.59 Å². The van der Waals surface area contributed by atoms with E-state index >= 15 is 0 Å². The molecule has 0 heterocycles. The molecule has 2 N–H and O–H groups in total. The Kier molecular flexibility index (Phi) is 6.57. The molecule has 0 aromatic heterocycles. The Morgan fingerprint density at radius 2 is 1.84 bits per heavy atom. The maximum atomic E-state index is 12.6. The van der Waals surface area contributed by atoms with Gasteiger partial charge in [0, 0.05) is 6.54 Å². The lowest BCUT2D eigenvalue weighted by molar-refractivity contribution is -0.122. The quantitative estimate of drug-likeness (QED) is 0.810. The number of carbonyl (C=O) groups is 2. The lowest BCUT2D eigenvalue weighted by Crippen LogP contribution is -2.33. The van der Waals surface area contributed by atoms with Crippen molar-refractivity contribution in [1.29, 1.82) is 0 Å². The van der Waals surface area contributed by atoms with E-state index in [4.69, 9.17) is 4.74 Å². The number of aryl methyl sites for hydroxylation is 1. The van der Waals surface area contributed by atoms with Gasteiger partial charge in [-0.25, -0.2) is 0 Å². The lowest BCUT2D eigenvalue weighted by atomic mass is 10.1. The van der Waals surface area contributed by atoms with Gasteiger partial charge in [0.25, 0.3) is 11.8 Å². The first-order valence-electron chi connectivity index (χ1n) is 8.46.